The van der Waals surface area contributed by atoms with Crippen molar-refractivity contribution in [3.8, 4) is 0 Å². The van der Waals surface area contributed by atoms with Gasteiger partial charge in [0.2, 0.25) is 5.82 Å². The van der Waals surface area contributed by atoms with Crippen LogP contribution in [0.15, 0.2) is 12.1 Å². The summed E-state index contributed by atoms with van der Waals surface area (Å²) in [5.74, 6) is -5.48. The van der Waals surface area contributed by atoms with Gasteiger partial charge in [0.1, 0.15) is 11.9 Å². The number of aromatic nitrogens is 2. The van der Waals surface area contributed by atoms with Gasteiger partial charge in [-0.2, -0.15) is 13.2 Å². The van der Waals surface area contributed by atoms with Gasteiger partial charge in [-0.1, -0.05) is 0 Å². The van der Waals surface area contributed by atoms with E-state index in [-0.39, 0.29) is 30.8 Å². The van der Waals surface area contributed by atoms with Crippen molar-refractivity contribution in [3.05, 3.63) is 52.4 Å². The Morgan fingerprint density at radius 2 is 1.76 bits per heavy atom. The summed E-state index contributed by atoms with van der Waals surface area (Å²) in [6.07, 6.45) is -5.58. The quantitative estimate of drug-likeness (QED) is 0.436. The third kappa shape index (κ3) is 5.65. The van der Waals surface area contributed by atoms with Gasteiger partial charge in [0.05, 0.1) is 5.69 Å². The monoisotopic (exact) mass is 532 g/mol. The molecule has 2 aromatic rings. The fraction of sp³-hybridized carbons (Fsp3) is 0.522. The molecular formula is C23H26F6N6O2. The molecular weight excluding hydrogens is 506 g/mol. The lowest BCUT2D eigenvalue weighted by Crippen LogP contribution is -2.48. The van der Waals surface area contributed by atoms with Gasteiger partial charge in [0.15, 0.2) is 23.1 Å². The Morgan fingerprint density at radius 3 is 2.41 bits per heavy atom. The van der Waals surface area contributed by atoms with Crippen molar-refractivity contribution < 1.29 is 35.9 Å². The number of nitrogens with zero attached hydrogens (tertiary/aromatic N) is 4. The van der Waals surface area contributed by atoms with Gasteiger partial charge in [-0.25, -0.2) is 18.2 Å². The van der Waals surface area contributed by atoms with Crippen LogP contribution >= 0.6 is 0 Å². The number of carbonyl (C=O) groups is 2. The minimum absolute atomic E-state index is 0.0746. The number of alkyl halides is 3. The number of imidazole rings is 1. The molecule has 37 heavy (non-hydrogen) atoms. The number of halogens is 6. The number of Topliss-reactive ketones (excluding diaryl/α,β-unsaturated/α-hetero) is 1. The summed E-state index contributed by atoms with van der Waals surface area (Å²) in [5.41, 5.74) is 4.16. The van der Waals surface area contributed by atoms with E-state index in [0.29, 0.717) is 38.3 Å². The molecule has 4 rings (SSSR count). The minimum atomic E-state index is -4.86. The molecule has 0 radical (unpaired) electrons. The average Bonchev–Trinajstić information content (AvgIpc) is 3.23. The van der Waals surface area contributed by atoms with Gasteiger partial charge >= 0.3 is 6.18 Å². The predicted octanol–water partition coefficient (Wildman–Crippen LogP) is 1.88. The molecule has 2 aliphatic heterocycles. The largest absolute Gasteiger partial charge is 0.435 e. The number of rotatable bonds is 6. The summed E-state index contributed by atoms with van der Waals surface area (Å²) in [4.78, 5) is 33.5. The van der Waals surface area contributed by atoms with Crippen LogP contribution in [0.4, 0.5) is 26.3 Å². The molecule has 1 saturated heterocycles. The van der Waals surface area contributed by atoms with Crippen LogP contribution in [-0.4, -0.2) is 76.9 Å². The number of fused-ring (bicyclic) bond motifs is 1. The molecule has 1 amide bonds. The molecule has 3 heterocycles. The van der Waals surface area contributed by atoms with Crippen LogP contribution in [0.1, 0.15) is 40.0 Å². The molecule has 202 valence electrons. The Morgan fingerprint density at radius 1 is 1.11 bits per heavy atom. The first-order chi connectivity index (χ1) is 17.4. The Kier molecular flexibility index (Phi) is 7.62. The van der Waals surface area contributed by atoms with Crippen molar-refractivity contribution in [1.82, 2.24) is 24.7 Å². The molecule has 1 aromatic heterocycles. The first-order valence-corrected chi connectivity index (χ1v) is 11.6. The molecule has 1 fully saturated rings. The zero-order valence-electron chi connectivity index (χ0n) is 19.9. The normalized spacial score (nSPS) is 19.6. The maximum atomic E-state index is 14.0. The topological polar surface area (TPSA) is 96.5 Å². The lowest BCUT2D eigenvalue weighted by atomic mass is 9.97. The molecule has 0 bridgehead atoms. The van der Waals surface area contributed by atoms with Crippen LogP contribution in [-0.2, 0) is 23.9 Å². The maximum absolute atomic E-state index is 14.0. The SMILES string of the molecule is CN1CCN(C(=O)c2nc(C(F)(F)F)c3n2C(C(=O)CC(N)Cc2cc(F)c(F)cc2F)CNC3)CC1. The lowest BCUT2D eigenvalue weighted by molar-refractivity contribution is -0.142. The molecule has 0 spiro atoms. The second-order valence-electron chi connectivity index (χ2n) is 9.33. The average molecular weight is 532 g/mol. The van der Waals surface area contributed by atoms with Crippen LogP contribution in [0, 0.1) is 17.5 Å². The van der Waals surface area contributed by atoms with E-state index in [1.54, 1.807) is 0 Å². The van der Waals surface area contributed by atoms with Crippen LogP contribution in [0.5, 0.6) is 0 Å². The Balaban J connectivity index is 1.61. The van der Waals surface area contributed by atoms with Crippen molar-refractivity contribution in [2.24, 2.45) is 5.73 Å². The first-order valence-electron chi connectivity index (χ1n) is 11.6. The van der Waals surface area contributed by atoms with Crippen molar-refractivity contribution in [2.75, 3.05) is 39.8 Å². The molecule has 2 unspecified atom stereocenters. The highest BCUT2D eigenvalue weighted by Crippen LogP contribution is 2.35. The zero-order chi connectivity index (χ0) is 27.1. The molecule has 0 saturated carbocycles. The number of amides is 1. The van der Waals surface area contributed by atoms with E-state index in [1.165, 1.54) is 4.90 Å². The predicted molar refractivity (Wildman–Crippen MR) is 119 cm³/mol. The molecule has 3 N–H and O–H groups in total. The number of likely N-dealkylation sites (N-methyl/N-ethyl adjacent to an activating group) is 1. The standard InChI is InChI=1S/C23H26F6N6O2/c1-33-2-4-34(5-3-33)22(37)21-32-20(23(27,28)29)18-11-31-10-17(35(18)21)19(36)8-13(30)6-12-7-15(25)16(26)9-14(12)24/h7,9,13,17,31H,2-6,8,10-11,30H2,1H3. The zero-order valence-corrected chi connectivity index (χ0v) is 19.9. The Hall–Kier alpha value is -2.97. The lowest BCUT2D eigenvalue weighted by Gasteiger charge is -2.33. The highest BCUT2D eigenvalue weighted by molar-refractivity contribution is 5.93. The number of nitrogens with one attached hydrogen (secondary N) is 1. The highest BCUT2D eigenvalue weighted by atomic mass is 19.4. The van der Waals surface area contributed by atoms with E-state index < -0.39 is 65.3 Å². The Bertz CT molecular complexity index is 1190. The van der Waals surface area contributed by atoms with E-state index in [9.17, 15) is 35.9 Å². The van der Waals surface area contributed by atoms with Crippen LogP contribution in [0.2, 0.25) is 0 Å². The summed E-state index contributed by atoms with van der Waals surface area (Å²) in [6.45, 7) is 1.32. The van der Waals surface area contributed by atoms with Gasteiger partial charge in [-0.3, -0.25) is 9.59 Å². The number of carbonyl (C=O) groups excluding carboxylic acids is 2. The van der Waals surface area contributed by atoms with E-state index in [2.05, 4.69) is 10.3 Å². The molecule has 2 aliphatic rings. The van der Waals surface area contributed by atoms with Crippen molar-refractivity contribution in [1.29, 1.82) is 0 Å². The van der Waals surface area contributed by atoms with Gasteiger partial charge in [0, 0.05) is 57.8 Å². The fourth-order valence-electron chi connectivity index (χ4n) is 4.65. The second-order valence-corrected chi connectivity index (χ2v) is 9.33. The molecule has 0 aliphatic carbocycles. The number of benzene rings is 1. The van der Waals surface area contributed by atoms with Gasteiger partial charge in [0.25, 0.3) is 5.91 Å². The number of hydrogen-bond acceptors (Lipinski definition) is 6. The summed E-state index contributed by atoms with van der Waals surface area (Å²) in [6, 6.07) is -1.25. The van der Waals surface area contributed by atoms with Crippen LogP contribution in [0.25, 0.3) is 0 Å². The number of hydrogen-bond donors (Lipinski definition) is 2. The van der Waals surface area contributed by atoms with Gasteiger partial charge in [-0.15, -0.1) is 0 Å². The number of ketones is 1. The molecule has 1 aromatic carbocycles. The first kappa shape index (κ1) is 27.1. The summed E-state index contributed by atoms with van der Waals surface area (Å²) < 4.78 is 83.2. The highest BCUT2D eigenvalue weighted by Gasteiger charge is 2.44. The minimum Gasteiger partial charge on any atom is -0.333 e. The third-order valence-electron chi connectivity index (χ3n) is 6.61. The molecule has 8 nitrogen and oxygen atoms in total. The van der Waals surface area contributed by atoms with Crippen LogP contribution in [0.3, 0.4) is 0 Å². The van der Waals surface area contributed by atoms with Gasteiger partial charge in [-0.05, 0) is 25.1 Å². The van der Waals surface area contributed by atoms with Crippen LogP contribution < -0.4 is 11.1 Å². The van der Waals surface area contributed by atoms with Crippen molar-refractivity contribution in [3.63, 3.8) is 0 Å². The van der Waals surface area contributed by atoms with E-state index >= 15 is 0 Å². The Labute approximate surface area is 208 Å². The van der Waals surface area contributed by atoms with E-state index in [4.69, 9.17) is 5.73 Å². The van der Waals surface area contributed by atoms with E-state index in [0.717, 1.165) is 4.57 Å². The second kappa shape index (κ2) is 10.4. The summed E-state index contributed by atoms with van der Waals surface area (Å²) in [7, 11) is 1.86. The summed E-state index contributed by atoms with van der Waals surface area (Å²) >= 11 is 0. The fourth-order valence-corrected chi connectivity index (χ4v) is 4.65. The maximum Gasteiger partial charge on any atom is 0.435 e. The smallest absolute Gasteiger partial charge is 0.333 e. The summed E-state index contributed by atoms with van der Waals surface area (Å²) in [5, 5.41) is 2.76. The van der Waals surface area contributed by atoms with Crippen molar-refractivity contribution >= 4 is 11.7 Å². The van der Waals surface area contributed by atoms with Gasteiger partial charge < -0.3 is 25.4 Å². The molecule has 14 heteroatoms. The number of piperazine rings is 1. The number of nitrogens with two attached hydrogens (primary N) is 1. The molecule has 2 atom stereocenters. The third-order valence-corrected chi connectivity index (χ3v) is 6.61. The van der Waals surface area contributed by atoms with E-state index in [1.807, 2.05) is 11.9 Å². The van der Waals surface area contributed by atoms with Crippen molar-refractivity contribution in [2.45, 2.75) is 37.6 Å².